The van der Waals surface area contributed by atoms with Crippen LogP contribution in [0, 0.1) is 0 Å². The predicted molar refractivity (Wildman–Crippen MR) is 82.2 cm³/mol. The maximum atomic E-state index is 6.37. The van der Waals surface area contributed by atoms with Gasteiger partial charge in [0.05, 0.1) is 10.7 Å². The minimum Gasteiger partial charge on any atom is -0.365 e. The Balaban J connectivity index is 1.97. The van der Waals surface area contributed by atoms with Crippen LogP contribution in [-0.2, 0) is 18.8 Å². The highest BCUT2D eigenvalue weighted by Crippen LogP contribution is 2.34. The number of para-hydroxylation sites is 1. The third kappa shape index (κ3) is 2.45. The Kier molecular flexibility index (Phi) is 3.67. The molecular formula is C16H15Cl2N. The molecule has 1 nitrogen and oxygen atoms in total. The van der Waals surface area contributed by atoms with Crippen LogP contribution in [0.25, 0.3) is 0 Å². The zero-order chi connectivity index (χ0) is 13.2. The average Bonchev–Trinajstić information content (AvgIpc) is 2.46. The van der Waals surface area contributed by atoms with Crippen LogP contribution in [0.4, 0.5) is 5.69 Å². The number of fused-ring (bicyclic) bond motifs is 1. The number of alkyl halides is 1. The monoisotopic (exact) mass is 291 g/mol. The molecule has 19 heavy (non-hydrogen) atoms. The smallest absolute Gasteiger partial charge is 0.0642 e. The summed E-state index contributed by atoms with van der Waals surface area (Å²) >= 11 is 12.4. The molecule has 98 valence electrons. The van der Waals surface area contributed by atoms with Gasteiger partial charge in [0, 0.05) is 19.0 Å². The molecule has 0 aromatic heterocycles. The molecule has 0 N–H and O–H groups in total. The Morgan fingerprint density at radius 2 is 1.79 bits per heavy atom. The third-order valence-electron chi connectivity index (χ3n) is 3.66. The second-order valence-corrected chi connectivity index (χ2v) is 5.50. The van der Waals surface area contributed by atoms with Gasteiger partial charge in [-0.2, -0.15) is 0 Å². The summed E-state index contributed by atoms with van der Waals surface area (Å²) in [6, 6.07) is 14.6. The van der Waals surface area contributed by atoms with Gasteiger partial charge in [0.2, 0.25) is 0 Å². The highest BCUT2D eigenvalue weighted by molar-refractivity contribution is 6.33. The summed E-state index contributed by atoms with van der Waals surface area (Å²) in [7, 11) is 0. The lowest BCUT2D eigenvalue weighted by Gasteiger charge is -2.32. The van der Waals surface area contributed by atoms with E-state index in [1.54, 1.807) is 0 Å². The van der Waals surface area contributed by atoms with E-state index in [4.69, 9.17) is 23.2 Å². The van der Waals surface area contributed by atoms with Crippen molar-refractivity contribution in [2.75, 3.05) is 11.4 Å². The Morgan fingerprint density at radius 3 is 2.58 bits per heavy atom. The summed E-state index contributed by atoms with van der Waals surface area (Å²) in [6.45, 7) is 1.90. The zero-order valence-electron chi connectivity index (χ0n) is 10.6. The van der Waals surface area contributed by atoms with Crippen LogP contribution in [-0.4, -0.2) is 6.54 Å². The summed E-state index contributed by atoms with van der Waals surface area (Å²) < 4.78 is 0. The van der Waals surface area contributed by atoms with E-state index in [0.717, 1.165) is 35.8 Å². The third-order valence-corrected chi connectivity index (χ3v) is 4.25. The first-order valence-corrected chi connectivity index (χ1v) is 7.36. The molecule has 0 bridgehead atoms. The van der Waals surface area contributed by atoms with Crippen molar-refractivity contribution in [3.63, 3.8) is 0 Å². The summed E-state index contributed by atoms with van der Waals surface area (Å²) in [5.74, 6) is 0.494. The Hall–Kier alpha value is -1.18. The quantitative estimate of drug-likeness (QED) is 0.729. The van der Waals surface area contributed by atoms with Gasteiger partial charge in [0.1, 0.15) is 0 Å². The molecule has 0 unspecified atom stereocenters. The van der Waals surface area contributed by atoms with Gasteiger partial charge in [-0.25, -0.2) is 0 Å². The minimum atomic E-state index is 0.494. The predicted octanol–water partition coefficient (Wildman–Crippen LogP) is 4.64. The van der Waals surface area contributed by atoms with Crippen molar-refractivity contribution in [3.05, 3.63) is 64.2 Å². The van der Waals surface area contributed by atoms with Crippen LogP contribution in [0.15, 0.2) is 42.5 Å². The summed E-state index contributed by atoms with van der Waals surface area (Å²) in [5.41, 5.74) is 5.02. The van der Waals surface area contributed by atoms with E-state index in [0.29, 0.717) is 5.88 Å². The molecule has 0 aliphatic carbocycles. The van der Waals surface area contributed by atoms with Crippen LogP contribution < -0.4 is 4.90 Å². The van der Waals surface area contributed by atoms with Crippen LogP contribution in [0.5, 0.6) is 0 Å². The highest BCUT2D eigenvalue weighted by Gasteiger charge is 2.20. The molecule has 0 saturated heterocycles. The van der Waals surface area contributed by atoms with E-state index in [-0.39, 0.29) is 0 Å². The molecule has 2 aromatic carbocycles. The van der Waals surface area contributed by atoms with Crippen molar-refractivity contribution >= 4 is 28.9 Å². The van der Waals surface area contributed by atoms with Gasteiger partial charge in [-0.1, -0.05) is 48.0 Å². The first-order valence-electron chi connectivity index (χ1n) is 6.44. The van der Waals surface area contributed by atoms with E-state index >= 15 is 0 Å². The maximum Gasteiger partial charge on any atom is 0.0642 e. The Bertz CT molecular complexity index is 595. The summed E-state index contributed by atoms with van der Waals surface area (Å²) in [4.78, 5) is 2.34. The van der Waals surface area contributed by atoms with E-state index in [1.165, 1.54) is 11.1 Å². The lowest BCUT2D eigenvalue weighted by molar-refractivity contribution is 0.729. The molecule has 0 radical (unpaired) electrons. The topological polar surface area (TPSA) is 3.24 Å². The number of nitrogens with zero attached hydrogens (tertiary/aromatic N) is 1. The standard InChI is InChI=1S/C16H15Cl2N/c17-10-13-6-3-7-15(18)16(13)19-9-8-12-4-1-2-5-14(12)11-19/h1-7H,8-11H2. The molecule has 0 amide bonds. The van der Waals surface area contributed by atoms with E-state index in [9.17, 15) is 0 Å². The van der Waals surface area contributed by atoms with Crippen molar-refractivity contribution in [3.8, 4) is 0 Å². The number of anilines is 1. The average molecular weight is 292 g/mol. The molecule has 0 saturated carbocycles. The van der Waals surface area contributed by atoms with Crippen LogP contribution in [0.3, 0.4) is 0 Å². The van der Waals surface area contributed by atoms with Gasteiger partial charge in [-0.15, -0.1) is 11.6 Å². The van der Waals surface area contributed by atoms with Crippen molar-refractivity contribution < 1.29 is 0 Å². The minimum absolute atomic E-state index is 0.494. The molecule has 0 spiro atoms. The lowest BCUT2D eigenvalue weighted by Crippen LogP contribution is -2.31. The molecule has 1 aliphatic heterocycles. The second kappa shape index (κ2) is 5.44. The Morgan fingerprint density at radius 1 is 1.00 bits per heavy atom. The van der Waals surface area contributed by atoms with Gasteiger partial charge < -0.3 is 4.90 Å². The summed E-state index contributed by atoms with van der Waals surface area (Å²) in [5, 5.41) is 0.789. The van der Waals surface area contributed by atoms with Crippen molar-refractivity contribution in [1.29, 1.82) is 0 Å². The summed E-state index contributed by atoms with van der Waals surface area (Å²) in [6.07, 6.45) is 1.06. The largest absolute Gasteiger partial charge is 0.365 e. The fourth-order valence-electron chi connectivity index (χ4n) is 2.71. The van der Waals surface area contributed by atoms with E-state index < -0.39 is 0 Å². The number of hydrogen-bond acceptors (Lipinski definition) is 1. The Labute approximate surface area is 123 Å². The number of rotatable bonds is 2. The zero-order valence-corrected chi connectivity index (χ0v) is 12.1. The maximum absolute atomic E-state index is 6.37. The normalized spacial score (nSPS) is 14.3. The first kappa shape index (κ1) is 12.8. The molecule has 1 heterocycles. The van der Waals surface area contributed by atoms with E-state index in [2.05, 4.69) is 35.2 Å². The van der Waals surface area contributed by atoms with Crippen LogP contribution in [0.2, 0.25) is 5.02 Å². The van der Waals surface area contributed by atoms with Crippen molar-refractivity contribution in [1.82, 2.24) is 0 Å². The van der Waals surface area contributed by atoms with Crippen molar-refractivity contribution in [2.45, 2.75) is 18.8 Å². The second-order valence-electron chi connectivity index (χ2n) is 4.82. The van der Waals surface area contributed by atoms with Gasteiger partial charge in [-0.3, -0.25) is 0 Å². The van der Waals surface area contributed by atoms with Crippen LogP contribution >= 0.6 is 23.2 Å². The van der Waals surface area contributed by atoms with Crippen LogP contribution in [0.1, 0.15) is 16.7 Å². The number of halogens is 2. The fourth-order valence-corrected chi connectivity index (χ4v) is 3.24. The number of hydrogen-bond donors (Lipinski definition) is 0. The fraction of sp³-hybridized carbons (Fsp3) is 0.250. The SMILES string of the molecule is ClCc1cccc(Cl)c1N1CCc2ccccc2C1. The molecule has 2 aromatic rings. The van der Waals surface area contributed by atoms with Gasteiger partial charge in [-0.05, 0) is 29.2 Å². The highest BCUT2D eigenvalue weighted by atomic mass is 35.5. The molecule has 0 fully saturated rings. The van der Waals surface area contributed by atoms with Gasteiger partial charge >= 0.3 is 0 Å². The van der Waals surface area contributed by atoms with Gasteiger partial charge in [0.25, 0.3) is 0 Å². The molecule has 1 aliphatic rings. The molecule has 3 heteroatoms. The molecule has 0 atom stereocenters. The van der Waals surface area contributed by atoms with E-state index in [1.807, 2.05) is 12.1 Å². The molecular weight excluding hydrogens is 277 g/mol. The van der Waals surface area contributed by atoms with Crippen molar-refractivity contribution in [2.24, 2.45) is 0 Å². The lowest BCUT2D eigenvalue weighted by atomic mass is 9.99. The van der Waals surface area contributed by atoms with Gasteiger partial charge in [0.15, 0.2) is 0 Å². The molecule has 3 rings (SSSR count). The first-order chi connectivity index (χ1) is 9.29. The number of benzene rings is 2.